The van der Waals surface area contributed by atoms with Gasteiger partial charge in [0, 0.05) is 36.7 Å². The van der Waals surface area contributed by atoms with Crippen LogP contribution in [0.3, 0.4) is 0 Å². The summed E-state index contributed by atoms with van der Waals surface area (Å²) in [5.74, 6) is 1.07. The summed E-state index contributed by atoms with van der Waals surface area (Å²) in [6.45, 7) is 3.10. The van der Waals surface area contributed by atoms with E-state index in [0.717, 1.165) is 36.3 Å². The topological polar surface area (TPSA) is 95.7 Å². The number of benzene rings is 2. The van der Waals surface area contributed by atoms with Crippen molar-refractivity contribution in [3.8, 4) is 11.5 Å². The molecule has 0 aliphatic carbocycles. The maximum atomic E-state index is 12.3. The fraction of sp³-hybridized carbons (Fsp3) is 0.304. The molecular formula is C23H26ClN5O2. The lowest BCUT2D eigenvalue weighted by atomic mass is 10.1. The first kappa shape index (κ1) is 21.2. The second-order valence-electron chi connectivity index (χ2n) is 7.66. The number of fused-ring (bicyclic) bond motifs is 1. The monoisotopic (exact) mass is 439 g/mol. The molecule has 1 amide bonds. The van der Waals surface area contributed by atoms with Crippen molar-refractivity contribution >= 4 is 34.4 Å². The molecule has 1 fully saturated rings. The molecule has 2 heterocycles. The molecule has 1 saturated heterocycles. The van der Waals surface area contributed by atoms with E-state index in [2.05, 4.69) is 26.3 Å². The number of piperidine rings is 1. The first-order valence-electron chi connectivity index (χ1n) is 10.4. The third-order valence-electron chi connectivity index (χ3n) is 5.43. The summed E-state index contributed by atoms with van der Waals surface area (Å²) in [5, 5.41) is 3.73. The highest BCUT2D eigenvalue weighted by Crippen LogP contribution is 2.33. The van der Waals surface area contributed by atoms with E-state index in [0.29, 0.717) is 22.0 Å². The fourth-order valence-corrected chi connectivity index (χ4v) is 4.07. The largest absolute Gasteiger partial charge is 0.457 e. The highest BCUT2D eigenvalue weighted by molar-refractivity contribution is 6.35. The average Bonchev–Trinajstić information content (AvgIpc) is 3.21. The standard InChI is InChI=1S/C23H26ClN5O2/c1-26-23(25)28-22(30)20-13-17-18(24)11-16(12-19(17)27-20)31-21-8-4-3-7-15(21)14-29-9-5-2-6-10-29/h3-4,7-8,11-13,27H,2,5-6,9-10,14H2,1H3,(H3,25,26,28,30). The van der Waals surface area contributed by atoms with Crippen molar-refractivity contribution in [2.45, 2.75) is 25.8 Å². The van der Waals surface area contributed by atoms with Crippen LogP contribution in [-0.2, 0) is 6.54 Å². The predicted molar refractivity (Wildman–Crippen MR) is 124 cm³/mol. The molecule has 8 heteroatoms. The van der Waals surface area contributed by atoms with E-state index in [1.165, 1.54) is 26.3 Å². The number of rotatable bonds is 5. The van der Waals surface area contributed by atoms with Gasteiger partial charge in [-0.1, -0.05) is 36.2 Å². The number of aromatic nitrogens is 1. The van der Waals surface area contributed by atoms with Gasteiger partial charge in [0.2, 0.25) is 0 Å². The second kappa shape index (κ2) is 9.41. The second-order valence-corrected chi connectivity index (χ2v) is 8.07. The minimum absolute atomic E-state index is 0.0455. The molecule has 0 spiro atoms. The smallest absolute Gasteiger partial charge is 0.274 e. The van der Waals surface area contributed by atoms with Crippen LogP contribution >= 0.6 is 11.6 Å². The highest BCUT2D eigenvalue weighted by atomic mass is 35.5. The molecule has 0 unspecified atom stereocenters. The Labute approximate surface area is 186 Å². The summed E-state index contributed by atoms with van der Waals surface area (Å²) in [5.41, 5.74) is 7.76. The van der Waals surface area contributed by atoms with E-state index in [1.807, 2.05) is 24.3 Å². The zero-order chi connectivity index (χ0) is 21.8. The molecule has 7 nitrogen and oxygen atoms in total. The Bertz CT molecular complexity index is 1120. The lowest BCUT2D eigenvalue weighted by Crippen LogP contribution is -2.36. The molecule has 162 valence electrons. The van der Waals surface area contributed by atoms with Gasteiger partial charge in [-0.05, 0) is 38.1 Å². The van der Waals surface area contributed by atoms with Crippen molar-refractivity contribution in [1.82, 2.24) is 15.2 Å². The summed E-state index contributed by atoms with van der Waals surface area (Å²) in [7, 11) is 1.50. The summed E-state index contributed by atoms with van der Waals surface area (Å²) in [4.78, 5) is 21.6. The Hall–Kier alpha value is -3.03. The van der Waals surface area contributed by atoms with Crippen LogP contribution in [0.1, 0.15) is 35.3 Å². The van der Waals surface area contributed by atoms with Crippen LogP contribution in [0.25, 0.3) is 10.9 Å². The third-order valence-corrected chi connectivity index (χ3v) is 5.74. The van der Waals surface area contributed by atoms with Crippen molar-refractivity contribution < 1.29 is 9.53 Å². The number of nitrogens with two attached hydrogens (primary N) is 1. The van der Waals surface area contributed by atoms with Crippen LogP contribution in [0.5, 0.6) is 11.5 Å². The number of nitrogens with one attached hydrogen (secondary N) is 2. The molecule has 4 rings (SSSR count). The molecule has 1 aromatic heterocycles. The number of carbonyl (C=O) groups is 1. The first-order chi connectivity index (χ1) is 15.0. The molecule has 0 radical (unpaired) electrons. The number of para-hydroxylation sites is 1. The van der Waals surface area contributed by atoms with Gasteiger partial charge in [0.15, 0.2) is 5.96 Å². The van der Waals surface area contributed by atoms with E-state index >= 15 is 0 Å². The summed E-state index contributed by atoms with van der Waals surface area (Å²) >= 11 is 6.49. The van der Waals surface area contributed by atoms with E-state index in [-0.39, 0.29) is 11.9 Å². The van der Waals surface area contributed by atoms with Crippen molar-refractivity contribution in [1.29, 1.82) is 0 Å². The molecule has 0 saturated carbocycles. The van der Waals surface area contributed by atoms with Crippen molar-refractivity contribution in [3.63, 3.8) is 0 Å². The average molecular weight is 440 g/mol. The number of aliphatic imine (C=N–C) groups is 1. The van der Waals surface area contributed by atoms with Crippen molar-refractivity contribution in [2.75, 3.05) is 20.1 Å². The molecule has 1 aliphatic rings. The van der Waals surface area contributed by atoms with Crippen molar-refractivity contribution in [3.05, 3.63) is 58.7 Å². The number of likely N-dealkylation sites (tertiary alicyclic amines) is 1. The van der Waals surface area contributed by atoms with E-state index in [1.54, 1.807) is 12.1 Å². The van der Waals surface area contributed by atoms with Gasteiger partial charge >= 0.3 is 0 Å². The van der Waals surface area contributed by atoms with Crippen LogP contribution in [0.15, 0.2) is 47.5 Å². The Balaban J connectivity index is 1.57. The number of carbonyl (C=O) groups excluding carboxylic acids is 1. The molecule has 0 atom stereocenters. The summed E-state index contributed by atoms with van der Waals surface area (Å²) in [6.07, 6.45) is 3.79. The highest BCUT2D eigenvalue weighted by Gasteiger charge is 2.16. The van der Waals surface area contributed by atoms with Crippen LogP contribution < -0.4 is 15.8 Å². The number of amides is 1. The fourth-order valence-electron chi connectivity index (χ4n) is 3.81. The molecule has 0 bridgehead atoms. The van der Waals surface area contributed by atoms with Gasteiger partial charge in [0.05, 0.1) is 10.5 Å². The number of hydrogen-bond donors (Lipinski definition) is 3. The Morgan fingerprint density at radius 1 is 1.23 bits per heavy atom. The predicted octanol–water partition coefficient (Wildman–Crippen LogP) is 4.27. The number of hydrogen-bond acceptors (Lipinski definition) is 4. The number of ether oxygens (including phenoxy) is 1. The van der Waals surface area contributed by atoms with Gasteiger partial charge in [0.1, 0.15) is 17.2 Å². The molecule has 1 aliphatic heterocycles. The summed E-state index contributed by atoms with van der Waals surface area (Å²) < 4.78 is 6.22. The molecule has 4 N–H and O–H groups in total. The minimum Gasteiger partial charge on any atom is -0.457 e. The third kappa shape index (κ3) is 5.00. The Morgan fingerprint density at radius 3 is 2.77 bits per heavy atom. The van der Waals surface area contributed by atoms with E-state index in [4.69, 9.17) is 22.1 Å². The van der Waals surface area contributed by atoms with Crippen LogP contribution in [0.4, 0.5) is 0 Å². The number of halogens is 1. The Morgan fingerprint density at radius 2 is 2.00 bits per heavy atom. The maximum Gasteiger partial charge on any atom is 0.274 e. The van der Waals surface area contributed by atoms with Gasteiger partial charge < -0.3 is 15.5 Å². The van der Waals surface area contributed by atoms with Gasteiger partial charge in [0.25, 0.3) is 5.91 Å². The normalized spacial score (nSPS) is 15.2. The number of H-pyrrole nitrogens is 1. The summed E-state index contributed by atoms with van der Waals surface area (Å²) in [6, 6.07) is 13.4. The van der Waals surface area contributed by atoms with Gasteiger partial charge in [-0.2, -0.15) is 0 Å². The Kier molecular flexibility index (Phi) is 6.44. The maximum absolute atomic E-state index is 12.3. The van der Waals surface area contributed by atoms with E-state index in [9.17, 15) is 4.79 Å². The quantitative estimate of drug-likeness (QED) is 0.408. The molecule has 2 aromatic carbocycles. The number of nitrogens with zero attached hydrogens (tertiary/aromatic N) is 2. The zero-order valence-corrected chi connectivity index (χ0v) is 18.2. The number of aromatic amines is 1. The van der Waals surface area contributed by atoms with Crippen LogP contribution in [0.2, 0.25) is 5.02 Å². The van der Waals surface area contributed by atoms with Crippen molar-refractivity contribution in [2.24, 2.45) is 10.7 Å². The van der Waals surface area contributed by atoms with Gasteiger partial charge in [-0.15, -0.1) is 0 Å². The molecule has 31 heavy (non-hydrogen) atoms. The SMILES string of the molecule is CN=C(N)NC(=O)c1cc2c(Cl)cc(Oc3ccccc3CN3CCCCC3)cc2[nH]1. The first-order valence-corrected chi connectivity index (χ1v) is 10.8. The molecular weight excluding hydrogens is 414 g/mol. The number of guanidine groups is 1. The minimum atomic E-state index is -0.385. The van der Waals surface area contributed by atoms with Crippen LogP contribution in [0, 0.1) is 0 Å². The lowest BCUT2D eigenvalue weighted by molar-refractivity contribution is 0.0972. The van der Waals surface area contributed by atoms with E-state index < -0.39 is 0 Å². The van der Waals surface area contributed by atoms with Gasteiger partial charge in [-0.3, -0.25) is 20.0 Å². The van der Waals surface area contributed by atoms with Gasteiger partial charge in [-0.25, -0.2) is 0 Å². The molecule has 3 aromatic rings. The lowest BCUT2D eigenvalue weighted by Gasteiger charge is -2.27. The van der Waals surface area contributed by atoms with Crippen LogP contribution in [-0.4, -0.2) is 41.9 Å². The zero-order valence-electron chi connectivity index (χ0n) is 17.5.